The summed E-state index contributed by atoms with van der Waals surface area (Å²) in [6, 6.07) is 12.1. The minimum Gasteiger partial charge on any atom is -0.358 e. The summed E-state index contributed by atoms with van der Waals surface area (Å²) in [7, 11) is 0. The van der Waals surface area contributed by atoms with Crippen molar-refractivity contribution in [3.63, 3.8) is 0 Å². The van der Waals surface area contributed by atoms with Crippen molar-refractivity contribution >= 4 is 22.5 Å². The van der Waals surface area contributed by atoms with Crippen molar-refractivity contribution in [3.8, 4) is 0 Å². The lowest BCUT2D eigenvalue weighted by atomic mass is 9.87. The molecule has 25 heavy (non-hydrogen) atoms. The highest BCUT2D eigenvalue weighted by Gasteiger charge is 2.20. The van der Waals surface area contributed by atoms with Crippen LogP contribution in [0.2, 0.25) is 0 Å². The highest BCUT2D eigenvalue weighted by Crippen LogP contribution is 2.32. The van der Waals surface area contributed by atoms with E-state index < -0.39 is 0 Å². The van der Waals surface area contributed by atoms with Crippen LogP contribution in [0.25, 0.3) is 10.9 Å². The van der Waals surface area contributed by atoms with Crippen molar-refractivity contribution in [2.75, 3.05) is 5.32 Å². The minimum absolute atomic E-state index is 0.0434. The van der Waals surface area contributed by atoms with Gasteiger partial charge in [-0.2, -0.15) is 0 Å². The lowest BCUT2D eigenvalue weighted by Gasteiger charge is -2.18. The molecule has 3 nitrogen and oxygen atoms in total. The van der Waals surface area contributed by atoms with E-state index in [2.05, 4.69) is 17.2 Å². The van der Waals surface area contributed by atoms with Crippen molar-refractivity contribution in [1.82, 2.24) is 4.98 Å². The van der Waals surface area contributed by atoms with Gasteiger partial charge in [-0.15, -0.1) is 0 Å². The second kappa shape index (κ2) is 6.07. The monoisotopic (exact) mass is 332 g/mol. The molecule has 0 fully saturated rings. The molecule has 1 atom stereocenters. The lowest BCUT2D eigenvalue weighted by molar-refractivity contribution is 0.102. The van der Waals surface area contributed by atoms with Crippen molar-refractivity contribution < 1.29 is 4.79 Å². The van der Waals surface area contributed by atoms with Crippen LogP contribution in [0.5, 0.6) is 0 Å². The molecule has 1 heterocycles. The molecule has 0 spiro atoms. The fourth-order valence-electron chi connectivity index (χ4n) is 3.93. The van der Waals surface area contributed by atoms with E-state index in [-0.39, 0.29) is 5.91 Å². The van der Waals surface area contributed by atoms with Gasteiger partial charge in [0.05, 0.1) is 0 Å². The van der Waals surface area contributed by atoms with Gasteiger partial charge in [0.15, 0.2) is 0 Å². The van der Waals surface area contributed by atoms with Crippen LogP contribution < -0.4 is 5.32 Å². The fraction of sp³-hybridized carbons (Fsp3) is 0.318. The zero-order valence-electron chi connectivity index (χ0n) is 15.1. The van der Waals surface area contributed by atoms with Gasteiger partial charge < -0.3 is 10.3 Å². The number of amides is 1. The Bertz CT molecular complexity index is 947. The lowest BCUT2D eigenvalue weighted by Crippen LogP contribution is -2.14. The quantitative estimate of drug-likeness (QED) is 0.669. The molecule has 3 heteroatoms. The van der Waals surface area contributed by atoms with E-state index in [4.69, 9.17) is 0 Å². The molecule has 2 aromatic carbocycles. The van der Waals surface area contributed by atoms with Crippen LogP contribution in [0.1, 0.15) is 46.1 Å². The summed E-state index contributed by atoms with van der Waals surface area (Å²) in [5, 5.41) is 4.30. The smallest absolute Gasteiger partial charge is 0.255 e. The largest absolute Gasteiger partial charge is 0.358 e. The van der Waals surface area contributed by atoms with Crippen LogP contribution in [-0.2, 0) is 12.8 Å². The summed E-state index contributed by atoms with van der Waals surface area (Å²) in [5.41, 5.74) is 7.69. The molecule has 1 aliphatic rings. The molecule has 128 valence electrons. The van der Waals surface area contributed by atoms with Gasteiger partial charge in [0.1, 0.15) is 0 Å². The Labute approximate surface area is 148 Å². The summed E-state index contributed by atoms with van der Waals surface area (Å²) >= 11 is 0. The molecule has 3 aromatic rings. The van der Waals surface area contributed by atoms with Gasteiger partial charge in [0, 0.05) is 27.8 Å². The second-order valence-electron chi connectivity index (χ2n) is 7.41. The van der Waals surface area contributed by atoms with Crippen LogP contribution in [0.15, 0.2) is 36.4 Å². The Morgan fingerprint density at radius 1 is 1.16 bits per heavy atom. The maximum atomic E-state index is 12.8. The molecular formula is C22H24N2O. The number of rotatable bonds is 2. The maximum absolute atomic E-state index is 12.8. The summed E-state index contributed by atoms with van der Waals surface area (Å²) < 4.78 is 0. The van der Waals surface area contributed by atoms with Gasteiger partial charge in [0.2, 0.25) is 0 Å². The average Bonchev–Trinajstić information content (AvgIpc) is 2.95. The van der Waals surface area contributed by atoms with Crippen LogP contribution >= 0.6 is 0 Å². The van der Waals surface area contributed by atoms with Crippen molar-refractivity contribution in [2.45, 2.75) is 40.0 Å². The number of para-hydroxylation sites is 1. The first-order valence-electron chi connectivity index (χ1n) is 9.04. The molecule has 1 amide bonds. The van der Waals surface area contributed by atoms with E-state index >= 15 is 0 Å². The molecule has 1 aliphatic carbocycles. The van der Waals surface area contributed by atoms with Crippen molar-refractivity contribution in [3.05, 3.63) is 64.3 Å². The van der Waals surface area contributed by atoms with Crippen molar-refractivity contribution in [2.24, 2.45) is 5.92 Å². The number of carbonyl (C=O) groups excluding carboxylic acids is 1. The number of aromatic nitrogens is 1. The molecule has 0 bridgehead atoms. The third kappa shape index (κ3) is 2.84. The predicted octanol–water partition coefficient (Wildman–Crippen LogP) is 5.16. The van der Waals surface area contributed by atoms with E-state index in [0.29, 0.717) is 5.92 Å². The molecule has 4 rings (SSSR count). The SMILES string of the molecule is Cc1cccc(C)c1NC(=O)c1ccc2[nH]c3c(c2c1)CC(C)CC3. The van der Waals surface area contributed by atoms with Crippen LogP contribution in [-0.4, -0.2) is 10.9 Å². The highest BCUT2D eigenvalue weighted by molar-refractivity contribution is 6.07. The third-order valence-corrected chi connectivity index (χ3v) is 5.42. The number of aromatic amines is 1. The number of anilines is 1. The first-order chi connectivity index (χ1) is 12.0. The van der Waals surface area contributed by atoms with Crippen LogP contribution in [0, 0.1) is 19.8 Å². The molecule has 1 unspecified atom stereocenters. The number of H-pyrrole nitrogens is 1. The Morgan fingerprint density at radius 2 is 1.92 bits per heavy atom. The summed E-state index contributed by atoms with van der Waals surface area (Å²) in [6.45, 7) is 6.35. The molecule has 1 aromatic heterocycles. The molecule has 0 radical (unpaired) electrons. The Morgan fingerprint density at radius 3 is 2.68 bits per heavy atom. The third-order valence-electron chi connectivity index (χ3n) is 5.42. The van der Waals surface area contributed by atoms with Gasteiger partial charge in [0.25, 0.3) is 5.91 Å². The Hall–Kier alpha value is -2.55. The molecular weight excluding hydrogens is 308 g/mol. The number of benzene rings is 2. The van der Waals surface area contributed by atoms with Crippen LogP contribution in [0.3, 0.4) is 0 Å². The van der Waals surface area contributed by atoms with E-state index in [0.717, 1.165) is 40.7 Å². The van der Waals surface area contributed by atoms with E-state index in [9.17, 15) is 4.79 Å². The van der Waals surface area contributed by atoms with Crippen LogP contribution in [0.4, 0.5) is 5.69 Å². The van der Waals surface area contributed by atoms with Gasteiger partial charge in [-0.3, -0.25) is 4.79 Å². The molecule has 0 saturated carbocycles. The molecule has 0 aliphatic heterocycles. The zero-order chi connectivity index (χ0) is 17.6. The number of hydrogen-bond donors (Lipinski definition) is 2. The van der Waals surface area contributed by atoms with E-state index in [1.807, 2.05) is 50.2 Å². The van der Waals surface area contributed by atoms with E-state index in [1.165, 1.54) is 23.1 Å². The van der Waals surface area contributed by atoms with Gasteiger partial charge in [-0.25, -0.2) is 0 Å². The topological polar surface area (TPSA) is 44.9 Å². The number of hydrogen-bond acceptors (Lipinski definition) is 1. The average molecular weight is 332 g/mol. The van der Waals surface area contributed by atoms with Gasteiger partial charge >= 0.3 is 0 Å². The first-order valence-corrected chi connectivity index (χ1v) is 9.04. The first kappa shape index (κ1) is 15.9. The summed E-state index contributed by atoms with van der Waals surface area (Å²) in [5.74, 6) is 0.664. The predicted molar refractivity (Wildman–Crippen MR) is 103 cm³/mol. The number of carbonyl (C=O) groups is 1. The summed E-state index contributed by atoms with van der Waals surface area (Å²) in [4.78, 5) is 16.3. The number of nitrogens with one attached hydrogen (secondary N) is 2. The number of aryl methyl sites for hydroxylation is 3. The highest BCUT2D eigenvalue weighted by atomic mass is 16.1. The molecule has 2 N–H and O–H groups in total. The Kier molecular flexibility index (Phi) is 3.87. The fourth-order valence-corrected chi connectivity index (χ4v) is 3.93. The zero-order valence-corrected chi connectivity index (χ0v) is 15.1. The van der Waals surface area contributed by atoms with Gasteiger partial charge in [-0.05, 0) is 73.9 Å². The summed E-state index contributed by atoms with van der Waals surface area (Å²) in [6.07, 6.45) is 3.44. The second-order valence-corrected chi connectivity index (χ2v) is 7.41. The normalized spacial score (nSPS) is 16.7. The van der Waals surface area contributed by atoms with E-state index in [1.54, 1.807) is 0 Å². The standard InChI is InChI=1S/C22H24N2O/c1-13-7-9-19-17(11-13)18-12-16(8-10-20(18)23-19)22(25)24-21-14(2)5-4-6-15(21)3/h4-6,8,10,12-13,23H,7,9,11H2,1-3H3,(H,24,25). The van der Waals surface area contributed by atoms with Gasteiger partial charge in [-0.1, -0.05) is 25.1 Å². The molecule has 0 saturated heterocycles. The Balaban J connectivity index is 1.69. The minimum atomic E-state index is -0.0434. The van der Waals surface area contributed by atoms with Crippen molar-refractivity contribution in [1.29, 1.82) is 0 Å². The maximum Gasteiger partial charge on any atom is 0.255 e. The number of fused-ring (bicyclic) bond motifs is 3.